The molecule has 156 valence electrons. The van der Waals surface area contributed by atoms with Crippen LogP contribution in [0.15, 0.2) is 5.16 Å². The van der Waals surface area contributed by atoms with Crippen LogP contribution in [0.2, 0.25) is 0 Å². The third-order valence-corrected chi connectivity index (χ3v) is 7.94. The first-order chi connectivity index (χ1) is 14.5. The summed E-state index contributed by atoms with van der Waals surface area (Å²) in [6, 6.07) is 0. The van der Waals surface area contributed by atoms with Gasteiger partial charge in [0.25, 0.3) is 0 Å². The van der Waals surface area contributed by atoms with Crippen molar-refractivity contribution in [2.24, 2.45) is 0 Å². The highest BCUT2D eigenvalue weighted by atomic mass is 32.2. The minimum Gasteiger partial charge on any atom is -0.300 e. The highest BCUT2D eigenvalue weighted by molar-refractivity contribution is 7.99. The zero-order valence-corrected chi connectivity index (χ0v) is 19.4. The van der Waals surface area contributed by atoms with Gasteiger partial charge in [-0.1, -0.05) is 36.9 Å². The molecule has 0 unspecified atom stereocenters. The lowest BCUT2D eigenvalue weighted by Gasteiger charge is -2.12. The zero-order chi connectivity index (χ0) is 20.8. The van der Waals surface area contributed by atoms with Crippen molar-refractivity contribution in [2.75, 3.05) is 11.1 Å². The maximum Gasteiger partial charge on any atom is 0.236 e. The van der Waals surface area contributed by atoms with Crippen LogP contribution >= 0.6 is 34.4 Å². The molecule has 1 aliphatic rings. The van der Waals surface area contributed by atoms with Crippen LogP contribution in [-0.4, -0.2) is 41.4 Å². The smallest absolute Gasteiger partial charge is 0.236 e. The molecular weight excluding hydrogens is 438 g/mol. The van der Waals surface area contributed by atoms with E-state index in [1.165, 1.54) is 46.4 Å². The van der Waals surface area contributed by atoms with Crippen LogP contribution in [0, 0.1) is 6.92 Å². The van der Waals surface area contributed by atoms with E-state index in [1.54, 1.807) is 11.3 Å². The van der Waals surface area contributed by atoms with Crippen LogP contribution in [-0.2, 0) is 17.6 Å². The minimum absolute atomic E-state index is 0.138. The molecule has 1 N–H and O–H groups in total. The van der Waals surface area contributed by atoms with Gasteiger partial charge in [-0.2, -0.15) is 0 Å². The lowest BCUT2D eigenvalue weighted by atomic mass is 9.97. The van der Waals surface area contributed by atoms with E-state index in [4.69, 9.17) is 4.98 Å². The first-order valence-corrected chi connectivity index (χ1v) is 12.5. The minimum atomic E-state index is -0.138. The fourth-order valence-electron chi connectivity index (χ4n) is 3.77. The van der Waals surface area contributed by atoms with Crippen molar-refractivity contribution in [3.8, 4) is 0 Å². The molecule has 0 bridgehead atoms. The standard InChI is InChI=1S/C19H21N7OS3/c1-9(2)15-21-17-14(11-6-4-5-7-12(11)30-17)16-23-25-19(26(15)16)28-8-13(27)20-18-24-22-10(3)29-18/h9H,4-8H2,1-3H3,(H,20,24,27). The Kier molecular flexibility index (Phi) is 5.19. The molecular formula is C19H21N7OS3. The third-order valence-electron chi connectivity index (χ3n) is 5.08. The molecule has 4 aromatic heterocycles. The predicted octanol–water partition coefficient (Wildman–Crippen LogP) is 4.23. The van der Waals surface area contributed by atoms with Crippen molar-refractivity contribution in [1.29, 1.82) is 0 Å². The van der Waals surface area contributed by atoms with E-state index in [9.17, 15) is 4.79 Å². The molecule has 11 heteroatoms. The molecule has 0 radical (unpaired) electrons. The number of thiophene rings is 1. The summed E-state index contributed by atoms with van der Waals surface area (Å²) in [4.78, 5) is 19.9. The average molecular weight is 460 g/mol. The zero-order valence-electron chi connectivity index (χ0n) is 16.9. The van der Waals surface area contributed by atoms with Gasteiger partial charge in [-0.25, -0.2) is 4.98 Å². The molecule has 0 fully saturated rings. The normalized spacial score (nSPS) is 14.0. The van der Waals surface area contributed by atoms with Gasteiger partial charge in [-0.15, -0.1) is 31.7 Å². The summed E-state index contributed by atoms with van der Waals surface area (Å²) in [6.45, 7) is 6.11. The number of aromatic nitrogens is 6. The maximum atomic E-state index is 12.4. The van der Waals surface area contributed by atoms with Gasteiger partial charge in [0.05, 0.1) is 11.1 Å². The van der Waals surface area contributed by atoms with Crippen LogP contribution in [0.25, 0.3) is 15.9 Å². The lowest BCUT2D eigenvalue weighted by molar-refractivity contribution is -0.113. The molecule has 30 heavy (non-hydrogen) atoms. The van der Waals surface area contributed by atoms with E-state index in [0.717, 1.165) is 39.5 Å². The van der Waals surface area contributed by atoms with E-state index in [0.29, 0.717) is 10.3 Å². The Hall–Kier alpha value is -2.11. The highest BCUT2D eigenvalue weighted by Crippen LogP contribution is 2.39. The fraction of sp³-hybridized carbons (Fsp3) is 0.474. The molecule has 0 aliphatic heterocycles. The topological polar surface area (TPSA) is 98.0 Å². The molecule has 0 aromatic carbocycles. The molecule has 0 saturated heterocycles. The van der Waals surface area contributed by atoms with E-state index < -0.39 is 0 Å². The van der Waals surface area contributed by atoms with Crippen LogP contribution in [0.4, 0.5) is 5.13 Å². The number of carbonyl (C=O) groups excluding carboxylic acids is 1. The SMILES string of the molecule is Cc1nnc(NC(=O)CSc2nnc3c4c5c(sc4nc(C(C)C)n23)CCCC5)s1. The van der Waals surface area contributed by atoms with Crippen molar-refractivity contribution in [3.63, 3.8) is 0 Å². The third kappa shape index (κ3) is 3.48. The fourth-order valence-corrected chi connectivity index (χ4v) is 6.38. The van der Waals surface area contributed by atoms with Gasteiger partial charge in [0.2, 0.25) is 11.0 Å². The van der Waals surface area contributed by atoms with Crippen LogP contribution in [0.5, 0.6) is 0 Å². The maximum absolute atomic E-state index is 12.4. The summed E-state index contributed by atoms with van der Waals surface area (Å²) in [6.07, 6.45) is 4.65. The van der Waals surface area contributed by atoms with Gasteiger partial charge in [0.1, 0.15) is 15.7 Å². The number of hydrogen-bond donors (Lipinski definition) is 1. The highest BCUT2D eigenvalue weighted by Gasteiger charge is 2.24. The van der Waals surface area contributed by atoms with E-state index in [-0.39, 0.29) is 17.6 Å². The molecule has 4 aromatic rings. The Labute approximate surface area is 185 Å². The van der Waals surface area contributed by atoms with Gasteiger partial charge >= 0.3 is 0 Å². The van der Waals surface area contributed by atoms with E-state index in [2.05, 4.69) is 39.6 Å². The number of amides is 1. The van der Waals surface area contributed by atoms with Gasteiger partial charge < -0.3 is 0 Å². The van der Waals surface area contributed by atoms with Gasteiger partial charge in [-0.05, 0) is 38.2 Å². The second-order valence-electron chi connectivity index (χ2n) is 7.62. The molecule has 5 rings (SSSR count). The number of thioether (sulfide) groups is 1. The number of carbonyl (C=O) groups is 1. The summed E-state index contributed by atoms with van der Waals surface area (Å²) < 4.78 is 2.04. The molecule has 1 amide bonds. The van der Waals surface area contributed by atoms with Gasteiger partial charge in [0, 0.05) is 10.8 Å². The first kappa shape index (κ1) is 19.8. The van der Waals surface area contributed by atoms with Crippen molar-refractivity contribution in [3.05, 3.63) is 21.3 Å². The second kappa shape index (κ2) is 7.86. The number of hydrogen-bond acceptors (Lipinski definition) is 9. The van der Waals surface area contributed by atoms with Gasteiger partial charge in [0.15, 0.2) is 10.8 Å². The number of aryl methyl sites for hydroxylation is 3. The Morgan fingerprint density at radius 3 is 2.77 bits per heavy atom. The molecule has 0 atom stereocenters. The Bertz CT molecular complexity index is 1260. The summed E-state index contributed by atoms with van der Waals surface area (Å²) in [7, 11) is 0. The summed E-state index contributed by atoms with van der Waals surface area (Å²) >= 11 is 4.53. The summed E-state index contributed by atoms with van der Waals surface area (Å²) in [5.41, 5.74) is 2.26. The van der Waals surface area contributed by atoms with Crippen LogP contribution < -0.4 is 5.32 Å². The Balaban J connectivity index is 1.50. The summed E-state index contributed by atoms with van der Waals surface area (Å²) in [5.74, 6) is 1.23. The predicted molar refractivity (Wildman–Crippen MR) is 121 cm³/mol. The number of fused-ring (bicyclic) bond motifs is 5. The van der Waals surface area contributed by atoms with Crippen LogP contribution in [0.3, 0.4) is 0 Å². The molecule has 1 aliphatic carbocycles. The number of nitrogens with zero attached hydrogens (tertiary/aromatic N) is 6. The average Bonchev–Trinajstić information content (AvgIpc) is 3.41. The molecule has 4 heterocycles. The van der Waals surface area contributed by atoms with Crippen molar-refractivity contribution >= 4 is 61.3 Å². The number of nitrogens with one attached hydrogen (secondary N) is 1. The molecule has 0 saturated carbocycles. The van der Waals surface area contributed by atoms with E-state index >= 15 is 0 Å². The van der Waals surface area contributed by atoms with Crippen molar-refractivity contribution in [1.82, 2.24) is 29.8 Å². The molecule has 8 nitrogen and oxygen atoms in total. The second-order valence-corrected chi connectivity index (χ2v) is 10.8. The summed E-state index contributed by atoms with van der Waals surface area (Å²) in [5, 5.41) is 22.8. The Morgan fingerprint density at radius 1 is 1.17 bits per heavy atom. The lowest BCUT2D eigenvalue weighted by Crippen LogP contribution is -2.14. The van der Waals surface area contributed by atoms with Crippen molar-refractivity contribution < 1.29 is 4.79 Å². The largest absolute Gasteiger partial charge is 0.300 e. The van der Waals surface area contributed by atoms with E-state index in [1.807, 2.05) is 11.3 Å². The Morgan fingerprint density at radius 2 is 2.00 bits per heavy atom. The van der Waals surface area contributed by atoms with Gasteiger partial charge in [-0.3, -0.25) is 14.5 Å². The van der Waals surface area contributed by atoms with Crippen LogP contribution in [0.1, 0.15) is 53.9 Å². The monoisotopic (exact) mass is 459 g/mol. The molecule has 0 spiro atoms. The van der Waals surface area contributed by atoms with Crippen molar-refractivity contribution in [2.45, 2.75) is 57.5 Å². The first-order valence-electron chi connectivity index (χ1n) is 9.93. The number of anilines is 1. The number of rotatable bonds is 5. The quantitative estimate of drug-likeness (QED) is 0.446.